The van der Waals surface area contributed by atoms with E-state index in [2.05, 4.69) is 10.1 Å². The monoisotopic (exact) mass is 214 g/mol. The highest BCUT2D eigenvalue weighted by Gasteiger charge is 2.06. The van der Waals surface area contributed by atoms with Crippen LogP contribution in [0, 0.1) is 6.92 Å². The van der Waals surface area contributed by atoms with Crippen molar-refractivity contribution in [3.63, 3.8) is 0 Å². The predicted octanol–water partition coefficient (Wildman–Crippen LogP) is 1.81. The van der Waals surface area contributed by atoms with E-state index in [9.17, 15) is 0 Å². The van der Waals surface area contributed by atoms with Crippen molar-refractivity contribution in [1.29, 1.82) is 0 Å². The van der Waals surface area contributed by atoms with Crippen LogP contribution in [0.1, 0.15) is 11.1 Å². The summed E-state index contributed by atoms with van der Waals surface area (Å²) in [6, 6.07) is 8.04. The summed E-state index contributed by atoms with van der Waals surface area (Å²) < 4.78 is 1.71. The van der Waals surface area contributed by atoms with E-state index in [0.717, 1.165) is 11.3 Å². The van der Waals surface area contributed by atoms with Crippen molar-refractivity contribution in [2.75, 3.05) is 12.8 Å². The molecule has 16 heavy (non-hydrogen) atoms. The van der Waals surface area contributed by atoms with Crippen LogP contribution < -0.4 is 5.73 Å². The molecule has 0 aliphatic heterocycles. The van der Waals surface area contributed by atoms with Crippen LogP contribution >= 0.6 is 0 Å². The van der Waals surface area contributed by atoms with E-state index in [-0.39, 0.29) is 0 Å². The number of nitrogen functional groups attached to an aromatic ring is 1. The molecule has 2 rings (SSSR count). The molecule has 1 aromatic carbocycles. The van der Waals surface area contributed by atoms with Crippen LogP contribution in [0.25, 0.3) is 5.69 Å². The van der Waals surface area contributed by atoms with Crippen molar-refractivity contribution in [3.05, 3.63) is 41.6 Å². The van der Waals surface area contributed by atoms with Crippen LogP contribution in [-0.2, 0) is 0 Å². The number of anilines is 1. The quantitative estimate of drug-likeness (QED) is 0.775. The van der Waals surface area contributed by atoms with Crippen molar-refractivity contribution >= 4 is 12.0 Å². The summed E-state index contributed by atoms with van der Waals surface area (Å²) in [6.07, 6.45) is 3.42. The highest BCUT2D eigenvalue weighted by atomic mass is 15.3. The Kier molecular flexibility index (Phi) is 2.72. The van der Waals surface area contributed by atoms with Crippen LogP contribution in [0.4, 0.5) is 5.82 Å². The molecule has 0 radical (unpaired) electrons. The standard InChI is InChI=1S/C12H14N4/c1-9-4-3-5-11(6-9)16-12(13)10(7-14-2)8-15-16/h3-8H,13H2,1-2H3. The van der Waals surface area contributed by atoms with Gasteiger partial charge in [0.15, 0.2) is 0 Å². The zero-order valence-corrected chi connectivity index (χ0v) is 9.38. The highest BCUT2D eigenvalue weighted by molar-refractivity contribution is 5.85. The molecule has 1 aromatic heterocycles. The van der Waals surface area contributed by atoms with Gasteiger partial charge in [-0.1, -0.05) is 12.1 Å². The van der Waals surface area contributed by atoms with E-state index in [1.54, 1.807) is 24.1 Å². The molecule has 2 aromatic rings. The topological polar surface area (TPSA) is 56.2 Å². The Hall–Kier alpha value is -2.10. The van der Waals surface area contributed by atoms with Gasteiger partial charge in [0.2, 0.25) is 0 Å². The van der Waals surface area contributed by atoms with E-state index in [1.165, 1.54) is 5.56 Å². The molecule has 0 saturated carbocycles. The molecule has 4 heteroatoms. The van der Waals surface area contributed by atoms with Crippen molar-refractivity contribution in [3.8, 4) is 5.69 Å². The van der Waals surface area contributed by atoms with Gasteiger partial charge in [-0.2, -0.15) is 5.10 Å². The minimum Gasteiger partial charge on any atom is -0.383 e. The van der Waals surface area contributed by atoms with Gasteiger partial charge in [-0.25, -0.2) is 4.68 Å². The second-order valence-corrected chi connectivity index (χ2v) is 3.62. The average molecular weight is 214 g/mol. The van der Waals surface area contributed by atoms with Crippen LogP contribution in [0.3, 0.4) is 0 Å². The first-order chi connectivity index (χ1) is 7.72. The van der Waals surface area contributed by atoms with Crippen LogP contribution in [0.15, 0.2) is 35.5 Å². The molecular weight excluding hydrogens is 200 g/mol. The zero-order valence-electron chi connectivity index (χ0n) is 9.38. The minimum atomic E-state index is 0.608. The van der Waals surface area contributed by atoms with Crippen molar-refractivity contribution < 1.29 is 0 Å². The van der Waals surface area contributed by atoms with Gasteiger partial charge in [-0.05, 0) is 24.6 Å². The first-order valence-electron chi connectivity index (χ1n) is 5.05. The fourth-order valence-corrected chi connectivity index (χ4v) is 1.57. The molecule has 0 aliphatic rings. The number of nitrogens with zero attached hydrogens (tertiary/aromatic N) is 3. The van der Waals surface area contributed by atoms with Gasteiger partial charge in [0, 0.05) is 13.3 Å². The normalized spacial score (nSPS) is 11.1. The Balaban J connectivity index is 2.49. The third kappa shape index (κ3) is 1.82. The number of nitrogens with two attached hydrogens (primary N) is 1. The summed E-state index contributed by atoms with van der Waals surface area (Å²) in [5.74, 6) is 0.608. The molecule has 0 atom stereocenters. The average Bonchev–Trinajstić information content (AvgIpc) is 2.61. The lowest BCUT2D eigenvalue weighted by molar-refractivity contribution is 0.890. The summed E-state index contributed by atoms with van der Waals surface area (Å²) in [4.78, 5) is 3.93. The molecule has 0 saturated heterocycles. The molecule has 0 aliphatic carbocycles. The fraction of sp³-hybridized carbons (Fsp3) is 0.167. The minimum absolute atomic E-state index is 0.608. The first kappa shape index (κ1) is 10.4. The molecular formula is C12H14N4. The molecule has 82 valence electrons. The number of aromatic nitrogens is 2. The summed E-state index contributed by atoms with van der Waals surface area (Å²) >= 11 is 0. The van der Waals surface area contributed by atoms with Crippen LogP contribution in [-0.4, -0.2) is 23.0 Å². The van der Waals surface area contributed by atoms with Crippen molar-refractivity contribution in [1.82, 2.24) is 9.78 Å². The Morgan fingerprint density at radius 1 is 1.44 bits per heavy atom. The van der Waals surface area contributed by atoms with Gasteiger partial charge in [0.1, 0.15) is 5.82 Å². The molecule has 4 nitrogen and oxygen atoms in total. The van der Waals surface area contributed by atoms with Crippen molar-refractivity contribution in [2.24, 2.45) is 4.99 Å². The lowest BCUT2D eigenvalue weighted by Crippen LogP contribution is -2.03. The summed E-state index contributed by atoms with van der Waals surface area (Å²) in [5.41, 5.74) is 8.96. The van der Waals surface area contributed by atoms with Crippen molar-refractivity contribution in [2.45, 2.75) is 6.92 Å². The van der Waals surface area contributed by atoms with E-state index < -0.39 is 0 Å². The number of rotatable bonds is 2. The van der Waals surface area contributed by atoms with Crippen LogP contribution in [0.5, 0.6) is 0 Å². The molecule has 1 heterocycles. The largest absolute Gasteiger partial charge is 0.383 e. The predicted molar refractivity (Wildman–Crippen MR) is 66.2 cm³/mol. The van der Waals surface area contributed by atoms with Gasteiger partial charge in [-0.3, -0.25) is 4.99 Å². The van der Waals surface area contributed by atoms with E-state index >= 15 is 0 Å². The van der Waals surface area contributed by atoms with Gasteiger partial charge in [-0.15, -0.1) is 0 Å². The Labute approximate surface area is 94.4 Å². The van der Waals surface area contributed by atoms with E-state index in [0.29, 0.717) is 5.82 Å². The molecule has 0 amide bonds. The molecule has 0 spiro atoms. The zero-order chi connectivity index (χ0) is 11.5. The maximum absolute atomic E-state index is 5.98. The van der Waals surface area contributed by atoms with Gasteiger partial charge in [0.25, 0.3) is 0 Å². The Morgan fingerprint density at radius 3 is 2.94 bits per heavy atom. The molecule has 0 unspecified atom stereocenters. The van der Waals surface area contributed by atoms with E-state index in [4.69, 9.17) is 5.73 Å². The third-order valence-electron chi connectivity index (χ3n) is 2.35. The Morgan fingerprint density at radius 2 is 2.25 bits per heavy atom. The second kappa shape index (κ2) is 4.18. The summed E-state index contributed by atoms with van der Waals surface area (Å²) in [6.45, 7) is 2.04. The second-order valence-electron chi connectivity index (χ2n) is 3.62. The van der Waals surface area contributed by atoms with E-state index in [1.807, 2.05) is 31.2 Å². The third-order valence-corrected chi connectivity index (χ3v) is 2.35. The molecule has 2 N–H and O–H groups in total. The number of hydrogen-bond donors (Lipinski definition) is 1. The maximum atomic E-state index is 5.98. The summed E-state index contributed by atoms with van der Waals surface area (Å²) in [7, 11) is 1.71. The Bertz CT molecular complexity index is 526. The lowest BCUT2D eigenvalue weighted by atomic mass is 10.2. The molecule has 0 fully saturated rings. The van der Waals surface area contributed by atoms with Gasteiger partial charge < -0.3 is 5.73 Å². The van der Waals surface area contributed by atoms with Gasteiger partial charge in [0.05, 0.1) is 17.4 Å². The molecule has 0 bridgehead atoms. The fourth-order valence-electron chi connectivity index (χ4n) is 1.57. The first-order valence-corrected chi connectivity index (χ1v) is 5.05. The number of hydrogen-bond acceptors (Lipinski definition) is 3. The lowest BCUT2D eigenvalue weighted by Gasteiger charge is -2.04. The smallest absolute Gasteiger partial charge is 0.136 e. The van der Waals surface area contributed by atoms with Gasteiger partial charge >= 0.3 is 0 Å². The summed E-state index contributed by atoms with van der Waals surface area (Å²) in [5, 5.41) is 4.25. The number of aryl methyl sites for hydroxylation is 1. The van der Waals surface area contributed by atoms with Crippen LogP contribution in [0.2, 0.25) is 0 Å². The SMILES string of the molecule is CN=Cc1cnn(-c2cccc(C)c2)c1N. The number of benzene rings is 1. The highest BCUT2D eigenvalue weighted by Crippen LogP contribution is 2.16. The maximum Gasteiger partial charge on any atom is 0.136 e. The number of aliphatic imine (C=N–C) groups is 1.